The Hall–Kier alpha value is -8.01. The Bertz CT molecular complexity index is 3470. The van der Waals surface area contributed by atoms with E-state index in [4.69, 9.17) is 4.98 Å². The van der Waals surface area contributed by atoms with Gasteiger partial charge in [-0.05, 0) is 126 Å². The number of nitrogens with zero attached hydrogens (tertiary/aromatic N) is 3. The van der Waals surface area contributed by atoms with Crippen molar-refractivity contribution in [2.24, 2.45) is 0 Å². The Morgan fingerprint density at radius 2 is 0.817 bits per heavy atom. The van der Waals surface area contributed by atoms with E-state index in [1.807, 2.05) is 6.20 Å². The molecule has 12 rings (SSSR count). The van der Waals surface area contributed by atoms with E-state index in [9.17, 15) is 0 Å². The largest absolute Gasteiger partial charge is 0.310 e. The topological polar surface area (TPSA) is 19.4 Å². The van der Waals surface area contributed by atoms with Crippen LogP contribution in [0.1, 0.15) is 0 Å². The van der Waals surface area contributed by atoms with Crippen LogP contribution in [0.15, 0.2) is 225 Å². The minimum absolute atomic E-state index is 0.974. The fraction of sp³-hybridized carbons (Fsp3) is 0. The highest BCUT2D eigenvalue weighted by Crippen LogP contribution is 2.47. The molecule has 0 saturated carbocycles. The highest BCUT2D eigenvalue weighted by atomic mass is 15.2. The molecule has 60 heavy (non-hydrogen) atoms. The second-order valence-corrected chi connectivity index (χ2v) is 15.6. The first-order valence-electron chi connectivity index (χ1n) is 20.5. The first-order chi connectivity index (χ1) is 29.7. The lowest BCUT2D eigenvalue weighted by Crippen LogP contribution is -2.11. The average molecular weight is 764 g/mol. The molecule has 0 aliphatic rings. The molecule has 0 atom stereocenters. The van der Waals surface area contributed by atoms with E-state index >= 15 is 0 Å². The van der Waals surface area contributed by atoms with Gasteiger partial charge >= 0.3 is 0 Å². The molecule has 0 radical (unpaired) electrons. The lowest BCUT2D eigenvalue weighted by atomic mass is 9.89. The Morgan fingerprint density at radius 1 is 0.300 bits per heavy atom. The van der Waals surface area contributed by atoms with Crippen molar-refractivity contribution in [2.75, 3.05) is 9.80 Å². The summed E-state index contributed by atoms with van der Waals surface area (Å²) >= 11 is 0. The van der Waals surface area contributed by atoms with Gasteiger partial charge in [0.2, 0.25) is 0 Å². The number of anilines is 6. The first kappa shape index (κ1) is 34.1. The Kier molecular flexibility index (Phi) is 7.85. The van der Waals surface area contributed by atoms with Crippen molar-refractivity contribution in [2.45, 2.75) is 0 Å². The van der Waals surface area contributed by atoms with E-state index in [1.54, 1.807) is 0 Å². The molecule has 0 unspecified atom stereocenters. The summed E-state index contributed by atoms with van der Waals surface area (Å²) in [6.07, 6.45) is 1.92. The number of fused-ring (bicyclic) bond motifs is 3. The van der Waals surface area contributed by atoms with Crippen LogP contribution >= 0.6 is 0 Å². The Labute approximate surface area is 348 Å². The molecule has 0 fully saturated rings. The zero-order valence-corrected chi connectivity index (χ0v) is 32.7. The normalized spacial score (nSPS) is 11.7. The van der Waals surface area contributed by atoms with Crippen LogP contribution in [0.3, 0.4) is 0 Å². The first-order valence-corrected chi connectivity index (χ1v) is 20.5. The summed E-state index contributed by atoms with van der Waals surface area (Å²) in [5.74, 6) is 0. The maximum absolute atomic E-state index is 4.72. The molecule has 280 valence electrons. The van der Waals surface area contributed by atoms with Crippen LogP contribution in [0.25, 0.3) is 75.9 Å². The summed E-state index contributed by atoms with van der Waals surface area (Å²) in [4.78, 5) is 9.49. The number of pyridine rings is 1. The van der Waals surface area contributed by atoms with Gasteiger partial charge in [0.25, 0.3) is 0 Å². The molecule has 0 aliphatic heterocycles. The predicted molar refractivity (Wildman–Crippen MR) is 255 cm³/mol. The van der Waals surface area contributed by atoms with Gasteiger partial charge in [0, 0.05) is 39.7 Å². The molecule has 0 amide bonds. The van der Waals surface area contributed by atoms with Gasteiger partial charge in [-0.1, -0.05) is 152 Å². The van der Waals surface area contributed by atoms with Crippen molar-refractivity contribution in [1.29, 1.82) is 0 Å². The van der Waals surface area contributed by atoms with Crippen LogP contribution in [-0.4, -0.2) is 4.98 Å². The van der Waals surface area contributed by atoms with E-state index in [0.717, 1.165) is 45.0 Å². The Balaban J connectivity index is 1.01. The van der Waals surface area contributed by atoms with Crippen molar-refractivity contribution in [3.05, 3.63) is 225 Å². The third-order valence-corrected chi connectivity index (χ3v) is 12.2. The highest BCUT2D eigenvalue weighted by molar-refractivity contribution is 6.28. The molecule has 0 aliphatic carbocycles. The third-order valence-electron chi connectivity index (χ3n) is 12.2. The van der Waals surface area contributed by atoms with Crippen molar-refractivity contribution in [3.8, 4) is 11.1 Å². The van der Waals surface area contributed by atoms with Gasteiger partial charge in [-0.15, -0.1) is 0 Å². The van der Waals surface area contributed by atoms with E-state index < -0.39 is 0 Å². The molecule has 0 N–H and O–H groups in total. The van der Waals surface area contributed by atoms with Crippen LogP contribution in [0.5, 0.6) is 0 Å². The zero-order chi connectivity index (χ0) is 39.6. The fourth-order valence-corrected chi connectivity index (χ4v) is 9.36. The van der Waals surface area contributed by atoms with E-state index in [1.165, 1.54) is 65.0 Å². The average Bonchev–Trinajstić information content (AvgIpc) is 3.32. The van der Waals surface area contributed by atoms with Crippen LogP contribution in [0, 0.1) is 0 Å². The minimum Gasteiger partial charge on any atom is -0.310 e. The van der Waals surface area contributed by atoms with Crippen LogP contribution in [0.4, 0.5) is 34.1 Å². The lowest BCUT2D eigenvalue weighted by molar-refractivity contribution is 1.29. The quantitative estimate of drug-likeness (QED) is 0.151. The third kappa shape index (κ3) is 5.55. The summed E-state index contributed by atoms with van der Waals surface area (Å²) in [5.41, 5.74) is 10.1. The number of hydrogen-bond acceptors (Lipinski definition) is 3. The van der Waals surface area contributed by atoms with Gasteiger partial charge in [0.15, 0.2) is 0 Å². The van der Waals surface area contributed by atoms with Gasteiger partial charge in [0.1, 0.15) is 0 Å². The molecule has 1 aromatic heterocycles. The van der Waals surface area contributed by atoms with Crippen molar-refractivity contribution < 1.29 is 0 Å². The molecule has 0 spiro atoms. The van der Waals surface area contributed by atoms with Crippen molar-refractivity contribution in [1.82, 2.24) is 4.98 Å². The summed E-state index contributed by atoms with van der Waals surface area (Å²) in [6, 6.07) is 79.4. The number of rotatable bonds is 7. The molecule has 1 heterocycles. The predicted octanol–water partition coefficient (Wildman–Crippen LogP) is 16.0. The molecule has 3 nitrogen and oxygen atoms in total. The fourth-order valence-electron chi connectivity index (χ4n) is 9.36. The van der Waals surface area contributed by atoms with Crippen molar-refractivity contribution in [3.63, 3.8) is 0 Å². The number of hydrogen-bond donors (Lipinski definition) is 0. The van der Waals surface area contributed by atoms with Crippen LogP contribution in [-0.2, 0) is 0 Å². The second-order valence-electron chi connectivity index (χ2n) is 15.6. The monoisotopic (exact) mass is 763 g/mol. The van der Waals surface area contributed by atoms with Gasteiger partial charge in [-0.2, -0.15) is 0 Å². The number of para-hydroxylation sites is 2. The molecular weight excluding hydrogens is 727 g/mol. The molecule has 11 aromatic carbocycles. The van der Waals surface area contributed by atoms with Crippen LogP contribution in [0.2, 0.25) is 0 Å². The SMILES string of the molecule is c1ccc(N(c2ccnc3ccccc23)c2ccc3ccc4c(-c5ccc(N(c6ccc7ccccc7c6)c6ccc7ccccc7c6)cc5)ccc5ccc2c3c54)cc1. The minimum atomic E-state index is 0.974. The van der Waals surface area contributed by atoms with Gasteiger partial charge in [0.05, 0.1) is 16.9 Å². The molecule has 0 bridgehead atoms. The van der Waals surface area contributed by atoms with Crippen molar-refractivity contribution >= 4 is 98.9 Å². The van der Waals surface area contributed by atoms with Crippen LogP contribution < -0.4 is 9.80 Å². The van der Waals surface area contributed by atoms with Gasteiger partial charge < -0.3 is 9.80 Å². The molecular formula is C57H37N3. The summed E-state index contributed by atoms with van der Waals surface area (Å²) < 4.78 is 0. The molecule has 3 heteroatoms. The second kappa shape index (κ2) is 13.8. The lowest BCUT2D eigenvalue weighted by Gasteiger charge is -2.28. The van der Waals surface area contributed by atoms with Gasteiger partial charge in [-0.3, -0.25) is 4.98 Å². The molecule has 0 saturated heterocycles. The van der Waals surface area contributed by atoms with E-state index in [0.29, 0.717) is 0 Å². The Morgan fingerprint density at radius 3 is 1.53 bits per heavy atom. The summed E-state index contributed by atoms with van der Waals surface area (Å²) in [5, 5.41) is 13.5. The maximum atomic E-state index is 4.72. The number of benzene rings is 11. The number of aromatic nitrogens is 1. The van der Waals surface area contributed by atoms with E-state index in [2.05, 4.69) is 228 Å². The maximum Gasteiger partial charge on any atom is 0.0723 e. The summed E-state index contributed by atoms with van der Waals surface area (Å²) in [6.45, 7) is 0. The zero-order valence-electron chi connectivity index (χ0n) is 32.7. The summed E-state index contributed by atoms with van der Waals surface area (Å²) in [7, 11) is 0. The standard InChI is InChI=1S/C57H37N3/c1-2-14-45(15-3-1)60(55-34-35-58-53-17-9-8-16-51(53)55)54-33-25-42-23-31-50-49(30-22-41-24-32-52(54)57(42)56(41)50)40-20-26-46(27-21-40)59(47-28-18-38-10-4-6-12-43(38)36-47)48-29-19-39-11-5-7-13-44(39)37-48/h1-37H. The molecule has 12 aromatic rings. The van der Waals surface area contributed by atoms with Gasteiger partial charge in [-0.25, -0.2) is 0 Å². The van der Waals surface area contributed by atoms with E-state index in [-0.39, 0.29) is 0 Å². The highest BCUT2D eigenvalue weighted by Gasteiger charge is 2.21. The smallest absolute Gasteiger partial charge is 0.0723 e.